The largest absolute Gasteiger partial charge is 0.497 e. The fourth-order valence-corrected chi connectivity index (χ4v) is 2.67. The van der Waals surface area contributed by atoms with Gasteiger partial charge in [0.25, 0.3) is 0 Å². The molecule has 1 heterocycles. The number of hydrogen-bond donors (Lipinski definition) is 1. The Morgan fingerprint density at radius 1 is 1.30 bits per heavy atom. The van der Waals surface area contributed by atoms with E-state index in [1.54, 1.807) is 7.11 Å². The second-order valence-corrected chi connectivity index (χ2v) is 4.91. The molecule has 0 saturated heterocycles. The first-order valence-corrected chi connectivity index (χ1v) is 6.98. The molecule has 0 fully saturated rings. The fraction of sp³-hybridized carbons (Fsp3) is 0.438. The normalized spacial score (nSPS) is 10.8. The highest BCUT2D eigenvalue weighted by Crippen LogP contribution is 2.32. The molecule has 2 rings (SSSR count). The summed E-state index contributed by atoms with van der Waals surface area (Å²) in [6.45, 7) is 8.02. The summed E-state index contributed by atoms with van der Waals surface area (Å²) in [7, 11) is 3.65. The molecule has 1 aromatic heterocycles. The van der Waals surface area contributed by atoms with E-state index in [-0.39, 0.29) is 0 Å². The average molecular weight is 273 g/mol. The van der Waals surface area contributed by atoms with E-state index in [1.807, 2.05) is 13.1 Å². The highest BCUT2D eigenvalue weighted by molar-refractivity contribution is 5.72. The van der Waals surface area contributed by atoms with E-state index in [1.165, 1.54) is 22.4 Å². The molecule has 0 bridgehead atoms. The quantitative estimate of drug-likeness (QED) is 0.910. The van der Waals surface area contributed by atoms with Crippen molar-refractivity contribution in [2.75, 3.05) is 14.2 Å². The number of nitrogens with one attached hydrogen (secondary N) is 1. The van der Waals surface area contributed by atoms with Crippen molar-refractivity contribution in [3.8, 4) is 16.9 Å². The second-order valence-electron chi connectivity index (χ2n) is 4.91. The third-order valence-electron chi connectivity index (χ3n) is 3.63. The van der Waals surface area contributed by atoms with Gasteiger partial charge in [0, 0.05) is 24.3 Å². The second kappa shape index (κ2) is 6.09. The van der Waals surface area contributed by atoms with Crippen molar-refractivity contribution >= 4 is 0 Å². The van der Waals surface area contributed by atoms with Gasteiger partial charge in [-0.3, -0.25) is 4.68 Å². The number of nitrogens with zero attached hydrogens (tertiary/aromatic N) is 2. The molecule has 0 atom stereocenters. The van der Waals surface area contributed by atoms with Crippen LogP contribution in [0.25, 0.3) is 11.1 Å². The van der Waals surface area contributed by atoms with E-state index in [4.69, 9.17) is 4.74 Å². The van der Waals surface area contributed by atoms with Crippen molar-refractivity contribution in [2.24, 2.45) is 0 Å². The summed E-state index contributed by atoms with van der Waals surface area (Å²) in [5.41, 5.74) is 5.99. The van der Waals surface area contributed by atoms with Crippen molar-refractivity contribution in [1.82, 2.24) is 15.1 Å². The minimum atomic E-state index is 0.808. The molecule has 20 heavy (non-hydrogen) atoms. The molecule has 1 N–H and O–H groups in total. The lowest BCUT2D eigenvalue weighted by atomic mass is 9.97. The van der Waals surface area contributed by atoms with Crippen molar-refractivity contribution in [3.63, 3.8) is 0 Å². The SMILES string of the molecule is CCn1nc(C)c(-c2ccc(OC)cc2CNC)c1C. The summed E-state index contributed by atoms with van der Waals surface area (Å²) in [6.07, 6.45) is 0. The van der Waals surface area contributed by atoms with Crippen LogP contribution in [0.5, 0.6) is 5.75 Å². The van der Waals surface area contributed by atoms with E-state index in [0.717, 1.165) is 24.5 Å². The molecule has 0 saturated carbocycles. The van der Waals surface area contributed by atoms with Gasteiger partial charge in [-0.1, -0.05) is 6.07 Å². The van der Waals surface area contributed by atoms with Gasteiger partial charge in [0.15, 0.2) is 0 Å². The summed E-state index contributed by atoms with van der Waals surface area (Å²) in [5.74, 6) is 0.886. The van der Waals surface area contributed by atoms with Gasteiger partial charge in [-0.05, 0) is 51.1 Å². The van der Waals surface area contributed by atoms with Gasteiger partial charge in [0.2, 0.25) is 0 Å². The lowest BCUT2D eigenvalue weighted by molar-refractivity contribution is 0.414. The Kier molecular flexibility index (Phi) is 4.45. The van der Waals surface area contributed by atoms with E-state index in [0.29, 0.717) is 0 Å². The summed E-state index contributed by atoms with van der Waals surface area (Å²) >= 11 is 0. The highest BCUT2D eigenvalue weighted by Gasteiger charge is 2.16. The zero-order chi connectivity index (χ0) is 14.7. The monoisotopic (exact) mass is 273 g/mol. The zero-order valence-electron chi connectivity index (χ0n) is 12.9. The molecule has 4 nitrogen and oxygen atoms in total. The number of ether oxygens (including phenoxy) is 1. The van der Waals surface area contributed by atoms with Gasteiger partial charge < -0.3 is 10.1 Å². The lowest BCUT2D eigenvalue weighted by Gasteiger charge is -2.12. The topological polar surface area (TPSA) is 39.1 Å². The maximum atomic E-state index is 5.33. The minimum Gasteiger partial charge on any atom is -0.497 e. The summed E-state index contributed by atoms with van der Waals surface area (Å²) in [4.78, 5) is 0. The number of hydrogen-bond acceptors (Lipinski definition) is 3. The molecule has 4 heteroatoms. The molecule has 0 unspecified atom stereocenters. The Morgan fingerprint density at radius 2 is 2.05 bits per heavy atom. The Labute approximate surface area is 120 Å². The summed E-state index contributed by atoms with van der Waals surface area (Å²) in [5, 5.41) is 7.84. The first-order chi connectivity index (χ1) is 9.62. The smallest absolute Gasteiger partial charge is 0.119 e. The summed E-state index contributed by atoms with van der Waals surface area (Å²) < 4.78 is 7.38. The molecule has 0 radical (unpaired) electrons. The van der Waals surface area contributed by atoms with Crippen LogP contribution < -0.4 is 10.1 Å². The molecule has 1 aromatic carbocycles. The molecule has 0 aliphatic carbocycles. The van der Waals surface area contributed by atoms with Crippen LogP contribution >= 0.6 is 0 Å². The molecule has 108 valence electrons. The predicted octanol–water partition coefficient (Wildman–Crippen LogP) is 2.91. The van der Waals surface area contributed by atoms with Crippen molar-refractivity contribution < 1.29 is 4.74 Å². The number of benzene rings is 1. The predicted molar refractivity (Wildman–Crippen MR) is 82.1 cm³/mol. The van der Waals surface area contributed by atoms with Gasteiger partial charge in [-0.25, -0.2) is 0 Å². The van der Waals surface area contributed by atoms with Crippen LogP contribution in [-0.4, -0.2) is 23.9 Å². The van der Waals surface area contributed by atoms with Crippen molar-refractivity contribution in [2.45, 2.75) is 33.9 Å². The third-order valence-corrected chi connectivity index (χ3v) is 3.63. The van der Waals surface area contributed by atoms with Gasteiger partial charge in [-0.2, -0.15) is 5.10 Å². The Balaban J connectivity index is 2.59. The van der Waals surface area contributed by atoms with E-state index in [2.05, 4.69) is 48.0 Å². The molecule has 2 aromatic rings. The van der Waals surface area contributed by atoms with E-state index < -0.39 is 0 Å². The van der Waals surface area contributed by atoms with Crippen LogP contribution in [-0.2, 0) is 13.1 Å². The fourth-order valence-electron chi connectivity index (χ4n) is 2.67. The van der Waals surface area contributed by atoms with Crippen LogP contribution in [0.3, 0.4) is 0 Å². The number of rotatable bonds is 5. The van der Waals surface area contributed by atoms with Gasteiger partial charge in [-0.15, -0.1) is 0 Å². The van der Waals surface area contributed by atoms with Crippen molar-refractivity contribution in [1.29, 1.82) is 0 Å². The molecular weight excluding hydrogens is 250 g/mol. The average Bonchev–Trinajstić information content (AvgIpc) is 2.74. The van der Waals surface area contributed by atoms with Gasteiger partial charge >= 0.3 is 0 Å². The standard InChI is InChI=1S/C16H23N3O/c1-6-19-12(3)16(11(2)18-19)15-8-7-14(20-5)9-13(15)10-17-4/h7-9,17H,6,10H2,1-5H3. The van der Waals surface area contributed by atoms with Crippen LogP contribution in [0, 0.1) is 13.8 Å². The maximum absolute atomic E-state index is 5.33. The van der Waals surface area contributed by atoms with E-state index >= 15 is 0 Å². The molecule has 0 aliphatic rings. The van der Waals surface area contributed by atoms with E-state index in [9.17, 15) is 0 Å². The van der Waals surface area contributed by atoms with Gasteiger partial charge in [0.05, 0.1) is 12.8 Å². The third kappa shape index (κ3) is 2.56. The summed E-state index contributed by atoms with van der Waals surface area (Å²) in [6, 6.07) is 6.23. The van der Waals surface area contributed by atoms with Crippen LogP contribution in [0.2, 0.25) is 0 Å². The first-order valence-electron chi connectivity index (χ1n) is 6.98. The molecule has 0 amide bonds. The Bertz CT molecular complexity index is 602. The Hall–Kier alpha value is -1.81. The van der Waals surface area contributed by atoms with Crippen molar-refractivity contribution in [3.05, 3.63) is 35.2 Å². The van der Waals surface area contributed by atoms with Gasteiger partial charge in [0.1, 0.15) is 5.75 Å². The molecule has 0 aliphatic heterocycles. The zero-order valence-corrected chi connectivity index (χ0v) is 12.9. The maximum Gasteiger partial charge on any atom is 0.119 e. The number of aryl methyl sites for hydroxylation is 2. The van der Waals surface area contributed by atoms with Crippen LogP contribution in [0.1, 0.15) is 23.9 Å². The van der Waals surface area contributed by atoms with Crippen LogP contribution in [0.15, 0.2) is 18.2 Å². The number of methoxy groups -OCH3 is 1. The lowest BCUT2D eigenvalue weighted by Crippen LogP contribution is -2.07. The van der Waals surface area contributed by atoms with Crippen LogP contribution in [0.4, 0.5) is 0 Å². The number of aromatic nitrogens is 2. The highest BCUT2D eigenvalue weighted by atomic mass is 16.5. The molecular formula is C16H23N3O. The minimum absolute atomic E-state index is 0.808. The molecule has 0 spiro atoms. The Morgan fingerprint density at radius 3 is 2.60 bits per heavy atom. The first kappa shape index (κ1) is 14.6.